The summed E-state index contributed by atoms with van der Waals surface area (Å²) in [6, 6.07) is 0. The summed E-state index contributed by atoms with van der Waals surface area (Å²) in [4.78, 5) is 11.2. The number of carbonyl (C=O) groups excluding carboxylic acids is 1. The normalized spacial score (nSPS) is 30.1. The minimum Gasteiger partial charge on any atom is -0.416 e. The first kappa shape index (κ1) is 15.4. The highest BCUT2D eigenvalue weighted by Crippen LogP contribution is 2.29. The molecule has 0 bridgehead atoms. The topological polar surface area (TPSA) is 54.0 Å². The molecule has 1 heterocycles. The third-order valence-corrected chi connectivity index (χ3v) is 17.6. The molecule has 0 spiro atoms. The molecular weight excluding hydrogens is 288 g/mol. The zero-order valence-electron chi connectivity index (χ0n) is 11.6. The molecule has 0 N–H and O–H groups in total. The SMILES string of the molecule is C[Si]1(C)O[Si](C)(C)O[Si](C)(C=O)O[Si](C)(C)O1. The fourth-order valence-electron chi connectivity index (χ4n) is 2.29. The van der Waals surface area contributed by atoms with E-state index >= 15 is 0 Å². The van der Waals surface area contributed by atoms with Crippen molar-refractivity contribution in [2.45, 2.75) is 45.8 Å². The molecule has 0 aromatic rings. The van der Waals surface area contributed by atoms with Gasteiger partial charge in [0.2, 0.25) is 0 Å². The quantitative estimate of drug-likeness (QED) is 0.548. The Bertz CT molecular complexity index is 295. The molecule has 17 heavy (non-hydrogen) atoms. The molecule has 0 saturated carbocycles. The summed E-state index contributed by atoms with van der Waals surface area (Å²) >= 11 is 0. The van der Waals surface area contributed by atoms with Crippen molar-refractivity contribution in [2.75, 3.05) is 0 Å². The van der Waals surface area contributed by atoms with E-state index in [0.717, 1.165) is 5.91 Å². The Balaban J connectivity index is 3.06. The standard InChI is InChI=1S/C8H22O5Si4/c1-14(2)10-15(3,4)12-17(7,8-9)13-16(5,6)11-14/h8H,1-7H3. The lowest BCUT2D eigenvalue weighted by atomic mass is 11.8. The van der Waals surface area contributed by atoms with Gasteiger partial charge in [-0.3, -0.25) is 0 Å². The Hall–Kier alpha value is 0.378. The van der Waals surface area contributed by atoms with Gasteiger partial charge in [0.05, 0.1) is 0 Å². The van der Waals surface area contributed by atoms with Crippen molar-refractivity contribution in [3.8, 4) is 0 Å². The van der Waals surface area contributed by atoms with Crippen LogP contribution in [-0.4, -0.2) is 40.2 Å². The van der Waals surface area contributed by atoms with Gasteiger partial charge >= 0.3 is 34.2 Å². The molecule has 1 fully saturated rings. The molecule has 1 rings (SSSR count). The highest BCUT2D eigenvalue weighted by atomic mass is 28.5. The third-order valence-electron chi connectivity index (χ3n) is 2.09. The van der Waals surface area contributed by atoms with Crippen LogP contribution in [0.15, 0.2) is 0 Å². The highest BCUT2D eigenvalue weighted by Gasteiger charge is 2.52. The number of hydrogen-bond donors (Lipinski definition) is 0. The molecule has 9 heteroatoms. The van der Waals surface area contributed by atoms with Crippen LogP contribution in [-0.2, 0) is 21.3 Å². The van der Waals surface area contributed by atoms with Gasteiger partial charge in [-0.05, 0) is 45.8 Å². The highest BCUT2D eigenvalue weighted by molar-refractivity contribution is 7.02. The Kier molecular flexibility index (Phi) is 4.07. The van der Waals surface area contributed by atoms with Gasteiger partial charge in [-0.25, -0.2) is 0 Å². The van der Waals surface area contributed by atoms with Crippen LogP contribution in [0.2, 0.25) is 45.8 Å². The maximum Gasteiger partial charge on any atom is 0.385 e. The van der Waals surface area contributed by atoms with Gasteiger partial charge < -0.3 is 21.3 Å². The summed E-state index contributed by atoms with van der Waals surface area (Å²) in [7, 11) is -9.78. The van der Waals surface area contributed by atoms with Crippen molar-refractivity contribution in [3.63, 3.8) is 0 Å². The summed E-state index contributed by atoms with van der Waals surface area (Å²) in [5.74, 6) is 0.823. The third kappa shape index (κ3) is 4.52. The predicted molar refractivity (Wildman–Crippen MR) is 75.2 cm³/mol. The molecule has 0 radical (unpaired) electrons. The minimum absolute atomic E-state index is 0.823. The predicted octanol–water partition coefficient (Wildman–Crippen LogP) is 2.02. The van der Waals surface area contributed by atoms with E-state index in [1.165, 1.54) is 0 Å². The van der Waals surface area contributed by atoms with Gasteiger partial charge in [-0.1, -0.05) is 0 Å². The molecule has 100 valence electrons. The molecular formula is C8H22O5Si4. The molecule has 1 saturated heterocycles. The van der Waals surface area contributed by atoms with Gasteiger partial charge in [0, 0.05) is 0 Å². The molecule has 0 aromatic carbocycles. The van der Waals surface area contributed by atoms with Gasteiger partial charge in [-0.2, -0.15) is 0 Å². The van der Waals surface area contributed by atoms with Crippen molar-refractivity contribution in [1.29, 1.82) is 0 Å². The number of rotatable bonds is 1. The van der Waals surface area contributed by atoms with Gasteiger partial charge in [0.25, 0.3) is 0 Å². The summed E-state index contributed by atoms with van der Waals surface area (Å²) in [5, 5.41) is 0. The summed E-state index contributed by atoms with van der Waals surface area (Å²) in [6.45, 7) is 13.5. The van der Waals surface area contributed by atoms with E-state index in [4.69, 9.17) is 16.5 Å². The van der Waals surface area contributed by atoms with Crippen molar-refractivity contribution in [3.05, 3.63) is 0 Å². The van der Waals surface area contributed by atoms with E-state index in [1.54, 1.807) is 6.55 Å². The smallest absolute Gasteiger partial charge is 0.385 e. The largest absolute Gasteiger partial charge is 0.416 e. The maximum absolute atomic E-state index is 11.2. The van der Waals surface area contributed by atoms with Crippen LogP contribution in [0.3, 0.4) is 0 Å². The maximum atomic E-state index is 11.2. The molecule has 0 amide bonds. The zero-order chi connectivity index (χ0) is 13.5. The minimum atomic E-state index is -2.81. The molecule has 0 aromatic heterocycles. The molecule has 0 unspecified atom stereocenters. The van der Waals surface area contributed by atoms with Crippen molar-refractivity contribution >= 4 is 40.2 Å². The summed E-state index contributed by atoms with van der Waals surface area (Å²) in [6.07, 6.45) is 0. The van der Waals surface area contributed by atoms with E-state index in [0.29, 0.717) is 0 Å². The Morgan fingerprint density at radius 1 is 0.647 bits per heavy atom. The second-order valence-electron chi connectivity index (χ2n) is 5.74. The first-order valence-electron chi connectivity index (χ1n) is 5.66. The van der Waals surface area contributed by atoms with Gasteiger partial charge in [0.1, 0.15) is 0 Å². The van der Waals surface area contributed by atoms with Crippen LogP contribution in [0.5, 0.6) is 0 Å². The van der Waals surface area contributed by atoms with Crippen LogP contribution < -0.4 is 0 Å². The number of carbonyl (C=O) groups is 1. The van der Waals surface area contributed by atoms with E-state index in [-0.39, 0.29) is 0 Å². The molecule has 0 aliphatic carbocycles. The molecule has 1 aliphatic rings. The van der Waals surface area contributed by atoms with E-state index in [1.807, 2.05) is 39.3 Å². The Morgan fingerprint density at radius 3 is 1.24 bits per heavy atom. The van der Waals surface area contributed by atoms with Crippen LogP contribution in [0.25, 0.3) is 0 Å². The van der Waals surface area contributed by atoms with Gasteiger partial charge in [-0.15, -0.1) is 0 Å². The fraction of sp³-hybridized carbons (Fsp3) is 0.875. The summed E-state index contributed by atoms with van der Waals surface area (Å²) in [5.41, 5.74) is 0. The van der Waals surface area contributed by atoms with Gasteiger partial charge in [0.15, 0.2) is 5.91 Å². The average Bonchev–Trinajstić information content (AvgIpc) is 1.93. The Morgan fingerprint density at radius 2 is 0.941 bits per heavy atom. The fourth-order valence-corrected chi connectivity index (χ4v) is 22.1. The molecule has 5 nitrogen and oxygen atoms in total. The van der Waals surface area contributed by atoms with Crippen LogP contribution in [0.1, 0.15) is 0 Å². The molecule has 0 atom stereocenters. The first-order chi connectivity index (χ1) is 7.39. The second-order valence-corrected chi connectivity index (χ2v) is 19.7. The summed E-state index contributed by atoms with van der Waals surface area (Å²) < 4.78 is 24.0. The van der Waals surface area contributed by atoms with Crippen molar-refractivity contribution in [2.24, 2.45) is 0 Å². The van der Waals surface area contributed by atoms with E-state index < -0.39 is 34.2 Å². The van der Waals surface area contributed by atoms with E-state index in [2.05, 4.69) is 0 Å². The monoisotopic (exact) mass is 310 g/mol. The lowest BCUT2D eigenvalue weighted by molar-refractivity contribution is 0.243. The zero-order valence-corrected chi connectivity index (χ0v) is 15.6. The average molecular weight is 311 g/mol. The lowest BCUT2D eigenvalue weighted by Gasteiger charge is -2.45. The van der Waals surface area contributed by atoms with Crippen molar-refractivity contribution in [1.82, 2.24) is 0 Å². The van der Waals surface area contributed by atoms with Crippen LogP contribution >= 0.6 is 0 Å². The Labute approximate surface area is 107 Å². The van der Waals surface area contributed by atoms with Crippen molar-refractivity contribution < 1.29 is 21.3 Å². The molecule has 1 aliphatic heterocycles. The first-order valence-corrected chi connectivity index (χ1v) is 16.5. The second kappa shape index (κ2) is 4.49. The van der Waals surface area contributed by atoms with Crippen LogP contribution in [0, 0.1) is 0 Å². The van der Waals surface area contributed by atoms with E-state index in [9.17, 15) is 4.79 Å². The number of hydrogen-bond acceptors (Lipinski definition) is 5. The van der Waals surface area contributed by atoms with Crippen LogP contribution in [0.4, 0.5) is 0 Å². The lowest BCUT2D eigenvalue weighted by Crippen LogP contribution is -2.65.